The summed E-state index contributed by atoms with van der Waals surface area (Å²) in [6.45, 7) is 2.61. The molecule has 0 saturated carbocycles. The second-order valence-corrected chi connectivity index (χ2v) is 5.24. The SMILES string of the molecule is CNC(C)CNC(=O)Cc1coc(-c2cccs2)n1.Cl.Cl. The average molecular weight is 352 g/mol. The zero-order chi connectivity index (χ0) is 13.7. The van der Waals surface area contributed by atoms with Crippen LogP contribution in [0.15, 0.2) is 28.2 Å². The van der Waals surface area contributed by atoms with Crippen molar-refractivity contribution in [3.05, 3.63) is 29.5 Å². The van der Waals surface area contributed by atoms with E-state index in [1.54, 1.807) is 11.3 Å². The van der Waals surface area contributed by atoms with Crippen molar-refractivity contribution in [3.8, 4) is 10.8 Å². The molecule has 1 amide bonds. The Balaban J connectivity index is 0.00000200. The Morgan fingerprint density at radius 3 is 2.86 bits per heavy atom. The number of amides is 1. The topological polar surface area (TPSA) is 67.2 Å². The smallest absolute Gasteiger partial charge is 0.236 e. The third kappa shape index (κ3) is 6.05. The summed E-state index contributed by atoms with van der Waals surface area (Å²) in [6, 6.07) is 4.13. The van der Waals surface area contributed by atoms with Gasteiger partial charge in [-0.2, -0.15) is 0 Å². The molecule has 0 aromatic carbocycles. The summed E-state index contributed by atoms with van der Waals surface area (Å²) in [5, 5.41) is 7.87. The molecule has 21 heavy (non-hydrogen) atoms. The minimum absolute atomic E-state index is 0. The van der Waals surface area contributed by atoms with Crippen LogP contribution in [0.4, 0.5) is 0 Å². The summed E-state index contributed by atoms with van der Waals surface area (Å²) in [6.07, 6.45) is 1.78. The van der Waals surface area contributed by atoms with Gasteiger partial charge in [-0.15, -0.1) is 36.2 Å². The lowest BCUT2D eigenvalue weighted by Crippen LogP contribution is -2.37. The van der Waals surface area contributed by atoms with Gasteiger partial charge in [0.25, 0.3) is 0 Å². The molecule has 5 nitrogen and oxygen atoms in total. The van der Waals surface area contributed by atoms with Crippen LogP contribution in [0, 0.1) is 0 Å². The second kappa shape index (κ2) is 9.78. The second-order valence-electron chi connectivity index (χ2n) is 4.29. The zero-order valence-electron chi connectivity index (χ0n) is 11.8. The fourth-order valence-corrected chi connectivity index (χ4v) is 2.15. The number of likely N-dealkylation sites (N-methyl/N-ethyl adjacent to an activating group) is 1. The first kappa shape index (κ1) is 19.9. The first-order chi connectivity index (χ1) is 9.19. The molecule has 2 N–H and O–H groups in total. The Labute approximate surface area is 140 Å². The molecule has 0 saturated heterocycles. The summed E-state index contributed by atoms with van der Waals surface area (Å²) in [5.74, 6) is 0.523. The van der Waals surface area contributed by atoms with E-state index in [-0.39, 0.29) is 43.2 Å². The van der Waals surface area contributed by atoms with Crippen LogP contribution in [-0.2, 0) is 11.2 Å². The highest BCUT2D eigenvalue weighted by molar-refractivity contribution is 7.13. The zero-order valence-corrected chi connectivity index (χ0v) is 14.2. The predicted molar refractivity (Wildman–Crippen MR) is 89.5 cm³/mol. The van der Waals surface area contributed by atoms with Gasteiger partial charge in [-0.3, -0.25) is 4.79 Å². The van der Waals surface area contributed by atoms with Crippen molar-refractivity contribution in [3.63, 3.8) is 0 Å². The van der Waals surface area contributed by atoms with Gasteiger partial charge in [0.05, 0.1) is 17.0 Å². The van der Waals surface area contributed by atoms with Crippen LogP contribution in [0.25, 0.3) is 10.8 Å². The van der Waals surface area contributed by atoms with Crippen LogP contribution in [0.2, 0.25) is 0 Å². The molecule has 2 aromatic rings. The van der Waals surface area contributed by atoms with Gasteiger partial charge in [-0.25, -0.2) is 4.98 Å². The standard InChI is InChI=1S/C13H17N3O2S.2ClH/c1-9(14-2)7-15-12(17)6-10-8-18-13(16-10)11-4-3-5-19-11;;/h3-5,8-9,14H,6-7H2,1-2H3,(H,15,17);2*1H. The number of carbonyl (C=O) groups excluding carboxylic acids is 1. The van der Waals surface area contributed by atoms with Crippen molar-refractivity contribution < 1.29 is 9.21 Å². The van der Waals surface area contributed by atoms with Gasteiger partial charge in [0.2, 0.25) is 11.8 Å². The number of aromatic nitrogens is 1. The Hall–Kier alpha value is -1.08. The molecule has 0 bridgehead atoms. The molecule has 0 radical (unpaired) electrons. The van der Waals surface area contributed by atoms with Crippen LogP contribution < -0.4 is 10.6 Å². The number of hydrogen-bond donors (Lipinski definition) is 2. The van der Waals surface area contributed by atoms with Crippen LogP contribution in [0.5, 0.6) is 0 Å². The highest BCUT2D eigenvalue weighted by Crippen LogP contribution is 2.23. The molecule has 0 aliphatic heterocycles. The highest BCUT2D eigenvalue weighted by atomic mass is 35.5. The quantitative estimate of drug-likeness (QED) is 0.838. The van der Waals surface area contributed by atoms with Crippen molar-refractivity contribution in [2.75, 3.05) is 13.6 Å². The van der Waals surface area contributed by atoms with Crippen LogP contribution in [-0.4, -0.2) is 30.5 Å². The highest BCUT2D eigenvalue weighted by Gasteiger charge is 2.11. The number of oxazole rings is 1. The van der Waals surface area contributed by atoms with E-state index in [9.17, 15) is 4.79 Å². The van der Waals surface area contributed by atoms with E-state index < -0.39 is 0 Å². The lowest BCUT2D eigenvalue weighted by Gasteiger charge is -2.10. The van der Waals surface area contributed by atoms with Gasteiger partial charge in [0, 0.05) is 12.6 Å². The first-order valence-corrected chi connectivity index (χ1v) is 6.99. The fourth-order valence-electron chi connectivity index (χ4n) is 1.50. The van der Waals surface area contributed by atoms with Crippen LogP contribution in [0.1, 0.15) is 12.6 Å². The molecular weight excluding hydrogens is 333 g/mol. The number of nitrogens with one attached hydrogen (secondary N) is 2. The lowest BCUT2D eigenvalue weighted by atomic mass is 10.3. The molecule has 8 heteroatoms. The van der Waals surface area contributed by atoms with Gasteiger partial charge >= 0.3 is 0 Å². The normalized spacial score (nSPS) is 11.1. The minimum atomic E-state index is -0.0480. The number of rotatable bonds is 6. The van der Waals surface area contributed by atoms with Gasteiger partial charge in [0.15, 0.2) is 0 Å². The van der Waals surface area contributed by atoms with E-state index in [1.165, 1.54) is 6.26 Å². The van der Waals surface area contributed by atoms with Gasteiger partial charge in [-0.05, 0) is 25.4 Å². The van der Waals surface area contributed by atoms with E-state index in [0.717, 1.165) is 4.88 Å². The third-order valence-corrected chi connectivity index (χ3v) is 3.58. The maximum Gasteiger partial charge on any atom is 0.236 e. The van der Waals surface area contributed by atoms with Gasteiger partial charge in [-0.1, -0.05) is 6.07 Å². The largest absolute Gasteiger partial charge is 0.444 e. The molecule has 1 unspecified atom stereocenters. The predicted octanol–water partition coefficient (Wildman–Crippen LogP) is 2.51. The summed E-state index contributed by atoms with van der Waals surface area (Å²) in [5.41, 5.74) is 0.651. The molecule has 2 heterocycles. The number of halogens is 2. The van der Waals surface area contributed by atoms with Crippen LogP contribution in [0.3, 0.4) is 0 Å². The maximum absolute atomic E-state index is 11.7. The maximum atomic E-state index is 11.7. The van der Waals surface area contributed by atoms with E-state index in [1.807, 2.05) is 31.5 Å². The fraction of sp³-hybridized carbons (Fsp3) is 0.385. The number of carbonyl (C=O) groups is 1. The van der Waals surface area contributed by atoms with Crippen LogP contribution >= 0.6 is 36.2 Å². The number of nitrogens with zero attached hydrogens (tertiary/aromatic N) is 1. The lowest BCUT2D eigenvalue weighted by molar-refractivity contribution is -0.120. The Kier molecular flexibility index (Phi) is 9.28. The summed E-state index contributed by atoms with van der Waals surface area (Å²) < 4.78 is 5.36. The number of thiophene rings is 1. The van der Waals surface area contributed by atoms with E-state index in [2.05, 4.69) is 15.6 Å². The molecule has 0 spiro atoms. The van der Waals surface area contributed by atoms with E-state index >= 15 is 0 Å². The Bertz CT molecular complexity index is 531. The van der Waals surface area contributed by atoms with Gasteiger partial charge < -0.3 is 15.1 Å². The molecule has 118 valence electrons. The van der Waals surface area contributed by atoms with Crippen molar-refractivity contribution in [1.29, 1.82) is 0 Å². The average Bonchev–Trinajstić information content (AvgIpc) is 3.06. The summed E-state index contributed by atoms with van der Waals surface area (Å²) >= 11 is 1.56. The summed E-state index contributed by atoms with van der Waals surface area (Å²) in [4.78, 5) is 17.0. The molecule has 0 aliphatic carbocycles. The Morgan fingerprint density at radius 2 is 2.24 bits per heavy atom. The molecular formula is C13H19Cl2N3O2S. The van der Waals surface area contributed by atoms with Crippen molar-refractivity contribution in [1.82, 2.24) is 15.6 Å². The molecule has 2 aromatic heterocycles. The minimum Gasteiger partial charge on any atom is -0.444 e. The van der Waals surface area contributed by atoms with Gasteiger partial charge in [0.1, 0.15) is 6.26 Å². The third-order valence-electron chi connectivity index (χ3n) is 2.72. The molecule has 0 aliphatic rings. The monoisotopic (exact) mass is 351 g/mol. The number of hydrogen-bond acceptors (Lipinski definition) is 5. The van der Waals surface area contributed by atoms with Crippen molar-refractivity contribution in [2.45, 2.75) is 19.4 Å². The first-order valence-electron chi connectivity index (χ1n) is 6.11. The molecule has 0 fully saturated rings. The molecule has 2 rings (SSSR count). The van der Waals surface area contributed by atoms with E-state index in [0.29, 0.717) is 18.1 Å². The van der Waals surface area contributed by atoms with Crippen molar-refractivity contribution >= 4 is 42.1 Å². The van der Waals surface area contributed by atoms with E-state index in [4.69, 9.17) is 4.42 Å². The van der Waals surface area contributed by atoms with Crippen molar-refractivity contribution in [2.24, 2.45) is 0 Å². The molecule has 1 atom stereocenters. The summed E-state index contributed by atoms with van der Waals surface area (Å²) in [7, 11) is 1.86. The Morgan fingerprint density at radius 1 is 1.48 bits per heavy atom.